The third-order valence-corrected chi connectivity index (χ3v) is 1.92. The quantitative estimate of drug-likeness (QED) is 0.273. The second kappa shape index (κ2) is 11.8. The van der Waals surface area contributed by atoms with Gasteiger partial charge in [-0.3, -0.25) is 0 Å². The molecule has 0 aliphatic heterocycles. The molecule has 0 aliphatic rings. The van der Waals surface area contributed by atoms with Gasteiger partial charge >= 0.3 is 0 Å². The molecule has 0 saturated carbocycles. The zero-order valence-electron chi connectivity index (χ0n) is 10.5. The van der Waals surface area contributed by atoms with Crippen molar-refractivity contribution in [3.05, 3.63) is 0 Å². The Hall–Kier alpha value is -1.32. The van der Waals surface area contributed by atoms with Gasteiger partial charge in [-0.05, 0) is 6.42 Å². The molecule has 0 aromatic carbocycles. The van der Waals surface area contributed by atoms with E-state index in [0.29, 0.717) is 6.73 Å². The van der Waals surface area contributed by atoms with Crippen LogP contribution in [0, 0.1) is 24.1 Å². The van der Waals surface area contributed by atoms with Crippen LogP contribution in [-0.4, -0.2) is 18.3 Å². The van der Waals surface area contributed by atoms with E-state index in [1.807, 2.05) is 0 Å². The van der Waals surface area contributed by atoms with Gasteiger partial charge in [0.2, 0.25) is 0 Å². The first-order chi connectivity index (χ1) is 7.85. The normalized spacial score (nSPS) is 8.75. The molecule has 0 aromatic rings. The Bertz CT molecular complexity index is 267. The Kier molecular flexibility index (Phi) is 10.8. The number of nitrogens with zero attached hydrogens (tertiary/aromatic N) is 1. The summed E-state index contributed by atoms with van der Waals surface area (Å²) < 4.78 is 5.07. The van der Waals surface area contributed by atoms with E-state index in [-0.39, 0.29) is 0 Å². The third kappa shape index (κ3) is 9.24. The maximum Gasteiger partial charge on any atom is 0.186 e. The summed E-state index contributed by atoms with van der Waals surface area (Å²) in [4.78, 5) is 5.20. The number of unbranched alkanes of at least 4 members (excludes halogenated alkanes) is 3. The first-order valence-corrected chi connectivity index (χ1v) is 5.72. The maximum absolute atomic E-state index is 5.20. The zero-order valence-corrected chi connectivity index (χ0v) is 10.5. The Morgan fingerprint density at radius 2 is 1.75 bits per heavy atom. The van der Waals surface area contributed by atoms with Gasteiger partial charge in [0.05, 0.1) is 0 Å². The zero-order chi connectivity index (χ0) is 12.1. The van der Waals surface area contributed by atoms with Crippen molar-refractivity contribution in [2.24, 2.45) is 0 Å². The van der Waals surface area contributed by atoms with Crippen LogP contribution in [0.1, 0.15) is 46.5 Å². The first kappa shape index (κ1) is 14.7. The number of hydrogen-bond acceptors (Lipinski definition) is 3. The van der Waals surface area contributed by atoms with E-state index in [1.165, 1.54) is 19.3 Å². The van der Waals surface area contributed by atoms with Crippen LogP contribution >= 0.6 is 0 Å². The highest BCUT2D eigenvalue weighted by Crippen LogP contribution is 2.01. The lowest BCUT2D eigenvalue weighted by molar-refractivity contribution is -0.139. The lowest BCUT2D eigenvalue weighted by Crippen LogP contribution is -2.25. The van der Waals surface area contributed by atoms with Gasteiger partial charge in [0.1, 0.15) is 12.2 Å². The summed E-state index contributed by atoms with van der Waals surface area (Å²) in [6.45, 7) is 6.82. The second-order valence-electron chi connectivity index (χ2n) is 3.33. The molecule has 0 amide bonds. The minimum atomic E-state index is 0.335. The number of hydroxylamine groups is 2. The molecule has 3 nitrogen and oxygen atoms in total. The van der Waals surface area contributed by atoms with Crippen molar-refractivity contribution in [3.8, 4) is 24.1 Å². The molecule has 0 unspecified atom stereocenters. The maximum atomic E-state index is 5.20. The molecule has 0 spiro atoms. The largest absolute Gasteiger partial charge is 0.427 e. The molecule has 0 fully saturated rings. The molecule has 0 atom stereocenters. The molecule has 0 radical (unpaired) electrons. The molecule has 0 bridgehead atoms. The standard InChI is InChI=1S/C13H21NO2/c1-4-7-8-9-10-14(16-12-6-3)13-15-11-5-2/h4,7-10,13H2,1-3H3. The molecule has 90 valence electrons. The predicted molar refractivity (Wildman–Crippen MR) is 64.8 cm³/mol. The van der Waals surface area contributed by atoms with Crippen LogP contribution in [0.25, 0.3) is 0 Å². The van der Waals surface area contributed by atoms with Gasteiger partial charge in [0.15, 0.2) is 6.73 Å². The fourth-order valence-corrected chi connectivity index (χ4v) is 1.14. The van der Waals surface area contributed by atoms with Gasteiger partial charge in [0, 0.05) is 20.4 Å². The van der Waals surface area contributed by atoms with E-state index in [1.54, 1.807) is 18.9 Å². The second-order valence-corrected chi connectivity index (χ2v) is 3.33. The highest BCUT2D eigenvalue weighted by molar-refractivity contribution is 4.86. The average molecular weight is 223 g/mol. The van der Waals surface area contributed by atoms with Gasteiger partial charge in [-0.25, -0.2) is 0 Å². The minimum Gasteiger partial charge on any atom is -0.427 e. The number of hydrogen-bond donors (Lipinski definition) is 0. The van der Waals surface area contributed by atoms with Crippen LogP contribution in [0.4, 0.5) is 0 Å². The molecular formula is C13H21NO2. The smallest absolute Gasteiger partial charge is 0.186 e. The molecule has 3 heteroatoms. The van der Waals surface area contributed by atoms with E-state index in [4.69, 9.17) is 9.57 Å². The van der Waals surface area contributed by atoms with E-state index >= 15 is 0 Å². The van der Waals surface area contributed by atoms with Crippen LogP contribution in [0.3, 0.4) is 0 Å². The molecule has 16 heavy (non-hydrogen) atoms. The Morgan fingerprint density at radius 3 is 2.38 bits per heavy atom. The van der Waals surface area contributed by atoms with Crippen molar-refractivity contribution in [1.29, 1.82) is 0 Å². The van der Waals surface area contributed by atoms with E-state index in [2.05, 4.69) is 31.0 Å². The summed E-state index contributed by atoms with van der Waals surface area (Å²) in [7, 11) is 0. The van der Waals surface area contributed by atoms with Crippen LogP contribution in [-0.2, 0) is 9.57 Å². The van der Waals surface area contributed by atoms with Crippen molar-refractivity contribution in [2.75, 3.05) is 13.3 Å². The van der Waals surface area contributed by atoms with Crippen molar-refractivity contribution in [1.82, 2.24) is 5.06 Å². The van der Waals surface area contributed by atoms with Gasteiger partial charge in [0.25, 0.3) is 0 Å². The Labute approximate surface area is 99.1 Å². The topological polar surface area (TPSA) is 21.7 Å². The first-order valence-electron chi connectivity index (χ1n) is 5.72. The monoisotopic (exact) mass is 223 g/mol. The van der Waals surface area contributed by atoms with Gasteiger partial charge in [-0.2, -0.15) is 0 Å². The Balaban J connectivity index is 3.77. The molecular weight excluding hydrogens is 202 g/mol. The molecule has 0 saturated heterocycles. The number of rotatable bonds is 8. The van der Waals surface area contributed by atoms with Crippen LogP contribution in [0.2, 0.25) is 0 Å². The van der Waals surface area contributed by atoms with Gasteiger partial charge in [-0.1, -0.05) is 43.1 Å². The van der Waals surface area contributed by atoms with Gasteiger partial charge < -0.3 is 9.57 Å². The van der Waals surface area contributed by atoms with Gasteiger partial charge in [-0.15, -0.1) is 0 Å². The van der Waals surface area contributed by atoms with E-state index in [9.17, 15) is 0 Å². The van der Waals surface area contributed by atoms with Crippen molar-refractivity contribution < 1.29 is 9.57 Å². The van der Waals surface area contributed by atoms with Crippen molar-refractivity contribution >= 4 is 0 Å². The number of ether oxygens (including phenoxy) is 1. The van der Waals surface area contributed by atoms with E-state index in [0.717, 1.165) is 13.0 Å². The van der Waals surface area contributed by atoms with Crippen molar-refractivity contribution in [3.63, 3.8) is 0 Å². The predicted octanol–water partition coefficient (Wildman–Crippen LogP) is 2.74. The van der Waals surface area contributed by atoms with Crippen LogP contribution in [0.15, 0.2) is 0 Å². The summed E-state index contributed by atoms with van der Waals surface area (Å²) in [5.74, 6) is 5.35. The fourth-order valence-electron chi connectivity index (χ4n) is 1.14. The summed E-state index contributed by atoms with van der Waals surface area (Å²) in [6, 6.07) is 0. The highest BCUT2D eigenvalue weighted by atomic mass is 16.7. The fraction of sp³-hybridized carbons (Fsp3) is 0.692. The molecule has 0 heterocycles. The SMILES string of the molecule is CC#COCN(CCCCCC)OC#CC. The Morgan fingerprint density at radius 1 is 1.00 bits per heavy atom. The highest BCUT2D eigenvalue weighted by Gasteiger charge is 2.04. The van der Waals surface area contributed by atoms with E-state index < -0.39 is 0 Å². The van der Waals surface area contributed by atoms with Crippen LogP contribution in [0.5, 0.6) is 0 Å². The third-order valence-electron chi connectivity index (χ3n) is 1.92. The average Bonchev–Trinajstić information content (AvgIpc) is 2.31. The van der Waals surface area contributed by atoms with Crippen molar-refractivity contribution in [2.45, 2.75) is 46.5 Å². The van der Waals surface area contributed by atoms with Crippen LogP contribution < -0.4 is 0 Å². The summed E-state index contributed by atoms with van der Waals surface area (Å²) in [6.07, 6.45) is 9.87. The molecule has 0 aliphatic carbocycles. The molecule has 0 rings (SSSR count). The molecule has 0 N–H and O–H groups in total. The summed E-state index contributed by atoms with van der Waals surface area (Å²) in [5, 5.41) is 1.69. The summed E-state index contributed by atoms with van der Waals surface area (Å²) in [5.41, 5.74) is 0. The lowest BCUT2D eigenvalue weighted by Gasteiger charge is -2.16. The summed E-state index contributed by atoms with van der Waals surface area (Å²) >= 11 is 0. The minimum absolute atomic E-state index is 0.335. The lowest BCUT2D eigenvalue weighted by atomic mass is 10.2. The molecule has 0 aromatic heterocycles.